The molecule has 0 saturated heterocycles. The van der Waals surface area contributed by atoms with Gasteiger partial charge in [0.05, 0.1) is 10.7 Å². The van der Waals surface area contributed by atoms with Crippen LogP contribution in [0.5, 0.6) is 0 Å². The first-order valence-corrected chi connectivity index (χ1v) is 6.90. The predicted octanol–water partition coefficient (Wildman–Crippen LogP) is 3.93. The molecule has 0 aliphatic heterocycles. The molecule has 2 rings (SSSR count). The molecule has 0 aliphatic carbocycles. The maximum absolute atomic E-state index is 13.6. The van der Waals surface area contributed by atoms with Gasteiger partial charge in [-0.05, 0) is 41.9 Å². The Bertz CT molecular complexity index is 632. The highest BCUT2D eigenvalue weighted by molar-refractivity contribution is 9.10. The molecule has 0 atom stereocenters. The van der Waals surface area contributed by atoms with Gasteiger partial charge in [0, 0.05) is 18.0 Å². The van der Waals surface area contributed by atoms with Crippen LogP contribution < -0.4 is 0 Å². The zero-order valence-corrected chi connectivity index (χ0v) is 12.6. The molecule has 6 heteroatoms. The van der Waals surface area contributed by atoms with Crippen LogP contribution in [0.15, 0.2) is 28.9 Å². The van der Waals surface area contributed by atoms with Crippen LogP contribution in [0, 0.1) is 11.6 Å². The molecule has 0 bridgehead atoms. The van der Waals surface area contributed by atoms with Crippen molar-refractivity contribution in [3.8, 4) is 0 Å². The Labute approximate surface area is 123 Å². The predicted molar refractivity (Wildman–Crippen MR) is 74.7 cm³/mol. The van der Waals surface area contributed by atoms with Crippen LogP contribution in [-0.2, 0) is 6.42 Å². The number of ketones is 1. The van der Waals surface area contributed by atoms with E-state index < -0.39 is 11.6 Å². The van der Waals surface area contributed by atoms with E-state index in [1.165, 1.54) is 16.9 Å². The molecule has 0 saturated carbocycles. The summed E-state index contributed by atoms with van der Waals surface area (Å²) in [5, 5.41) is 4.08. The summed E-state index contributed by atoms with van der Waals surface area (Å²) < 4.78 is 29.2. The number of halogens is 3. The van der Waals surface area contributed by atoms with Crippen LogP contribution in [0.3, 0.4) is 0 Å². The maximum Gasteiger partial charge on any atom is 0.186 e. The number of carbonyl (C=O) groups excluding carboxylic acids is 1. The molecule has 0 fully saturated rings. The fraction of sp³-hybridized carbons (Fsp3) is 0.286. The molecular weight excluding hydrogens is 330 g/mol. The summed E-state index contributed by atoms with van der Waals surface area (Å²) in [6, 6.07) is 3.53. The normalized spacial score (nSPS) is 11.1. The maximum atomic E-state index is 13.6. The standard InChI is InChI=1S/C14H13BrF2N2O/c1-8(2)19-14(10(15)7-18-19)13(20)6-9-11(16)4-3-5-12(9)17/h3-5,7-8H,6H2,1-2H3. The van der Waals surface area contributed by atoms with Crippen molar-refractivity contribution in [3.05, 3.63) is 51.8 Å². The molecule has 0 spiro atoms. The van der Waals surface area contributed by atoms with Gasteiger partial charge >= 0.3 is 0 Å². The summed E-state index contributed by atoms with van der Waals surface area (Å²) in [5.74, 6) is -1.82. The van der Waals surface area contributed by atoms with Crippen molar-refractivity contribution in [1.82, 2.24) is 9.78 Å². The van der Waals surface area contributed by atoms with Gasteiger partial charge < -0.3 is 0 Å². The van der Waals surface area contributed by atoms with Gasteiger partial charge in [-0.2, -0.15) is 5.10 Å². The van der Waals surface area contributed by atoms with Gasteiger partial charge in [0.1, 0.15) is 17.3 Å². The van der Waals surface area contributed by atoms with Gasteiger partial charge in [0.15, 0.2) is 5.78 Å². The third-order valence-corrected chi connectivity index (χ3v) is 3.48. The minimum atomic E-state index is -0.718. The number of rotatable bonds is 4. The Morgan fingerprint density at radius 3 is 2.50 bits per heavy atom. The van der Waals surface area contributed by atoms with E-state index in [9.17, 15) is 13.6 Å². The Balaban J connectivity index is 2.36. The minimum absolute atomic E-state index is 0.0225. The second-order valence-electron chi connectivity index (χ2n) is 4.68. The highest BCUT2D eigenvalue weighted by Gasteiger charge is 2.21. The van der Waals surface area contributed by atoms with Crippen molar-refractivity contribution in [2.45, 2.75) is 26.3 Å². The largest absolute Gasteiger partial charge is 0.292 e. The second-order valence-corrected chi connectivity index (χ2v) is 5.53. The molecule has 20 heavy (non-hydrogen) atoms. The van der Waals surface area contributed by atoms with Crippen LogP contribution in [0.4, 0.5) is 8.78 Å². The lowest BCUT2D eigenvalue weighted by Crippen LogP contribution is -2.16. The molecule has 0 amide bonds. The number of hydrogen-bond donors (Lipinski definition) is 0. The van der Waals surface area contributed by atoms with E-state index in [0.29, 0.717) is 10.2 Å². The quantitative estimate of drug-likeness (QED) is 0.789. The van der Waals surface area contributed by atoms with Crippen LogP contribution in [0.1, 0.15) is 35.9 Å². The monoisotopic (exact) mass is 342 g/mol. The van der Waals surface area contributed by atoms with E-state index in [0.717, 1.165) is 12.1 Å². The van der Waals surface area contributed by atoms with E-state index in [2.05, 4.69) is 21.0 Å². The molecule has 1 aromatic heterocycles. The van der Waals surface area contributed by atoms with Crippen LogP contribution in [0.2, 0.25) is 0 Å². The first-order valence-electron chi connectivity index (χ1n) is 6.11. The molecule has 0 N–H and O–H groups in total. The molecule has 1 aromatic carbocycles. The van der Waals surface area contributed by atoms with Gasteiger partial charge in [-0.1, -0.05) is 6.07 Å². The smallest absolute Gasteiger partial charge is 0.186 e. The van der Waals surface area contributed by atoms with Crippen LogP contribution >= 0.6 is 15.9 Å². The number of Topliss-reactive ketones (excluding diaryl/α,β-unsaturated/α-hetero) is 1. The lowest BCUT2D eigenvalue weighted by Gasteiger charge is -2.11. The molecule has 0 radical (unpaired) electrons. The molecule has 2 aromatic rings. The van der Waals surface area contributed by atoms with Gasteiger partial charge in [-0.25, -0.2) is 8.78 Å². The Kier molecular flexibility index (Phi) is 4.32. The molecule has 3 nitrogen and oxygen atoms in total. The zero-order valence-electron chi connectivity index (χ0n) is 11.0. The summed E-state index contributed by atoms with van der Waals surface area (Å²) in [4.78, 5) is 12.3. The number of hydrogen-bond acceptors (Lipinski definition) is 2. The van der Waals surface area contributed by atoms with Crippen LogP contribution in [0.25, 0.3) is 0 Å². The lowest BCUT2D eigenvalue weighted by molar-refractivity contribution is 0.0977. The number of aromatic nitrogens is 2. The fourth-order valence-electron chi connectivity index (χ4n) is 1.94. The van der Waals surface area contributed by atoms with Gasteiger partial charge in [0.25, 0.3) is 0 Å². The Hall–Kier alpha value is -1.56. The third-order valence-electron chi connectivity index (χ3n) is 2.90. The molecule has 0 unspecified atom stereocenters. The van der Waals surface area contributed by atoms with Crippen molar-refractivity contribution in [2.75, 3.05) is 0 Å². The van der Waals surface area contributed by atoms with Crippen molar-refractivity contribution in [1.29, 1.82) is 0 Å². The number of benzene rings is 1. The molecular formula is C14H13BrF2N2O. The van der Waals surface area contributed by atoms with Crippen molar-refractivity contribution in [2.24, 2.45) is 0 Å². The minimum Gasteiger partial charge on any atom is -0.292 e. The second kappa shape index (κ2) is 5.83. The first kappa shape index (κ1) is 14.8. The molecule has 106 valence electrons. The van der Waals surface area contributed by atoms with Gasteiger partial charge in [0.2, 0.25) is 0 Å². The number of carbonyl (C=O) groups is 1. The highest BCUT2D eigenvalue weighted by Crippen LogP contribution is 2.23. The van der Waals surface area contributed by atoms with Crippen molar-refractivity contribution in [3.63, 3.8) is 0 Å². The van der Waals surface area contributed by atoms with E-state index in [-0.39, 0.29) is 23.8 Å². The van der Waals surface area contributed by atoms with E-state index in [4.69, 9.17) is 0 Å². The van der Waals surface area contributed by atoms with Gasteiger partial charge in [-0.15, -0.1) is 0 Å². The Morgan fingerprint density at radius 1 is 1.35 bits per heavy atom. The average Bonchev–Trinajstić information content (AvgIpc) is 2.76. The average molecular weight is 343 g/mol. The third kappa shape index (κ3) is 2.80. The first-order chi connectivity index (χ1) is 9.41. The molecule has 0 aliphatic rings. The fourth-order valence-corrected chi connectivity index (χ4v) is 2.43. The van der Waals surface area contributed by atoms with Gasteiger partial charge in [-0.3, -0.25) is 9.48 Å². The summed E-state index contributed by atoms with van der Waals surface area (Å²) >= 11 is 3.24. The van der Waals surface area contributed by atoms with E-state index in [1.807, 2.05) is 13.8 Å². The summed E-state index contributed by atoms with van der Waals surface area (Å²) in [6.45, 7) is 3.75. The van der Waals surface area contributed by atoms with E-state index >= 15 is 0 Å². The summed E-state index contributed by atoms with van der Waals surface area (Å²) in [6.07, 6.45) is 1.17. The van der Waals surface area contributed by atoms with Crippen molar-refractivity contribution >= 4 is 21.7 Å². The topological polar surface area (TPSA) is 34.9 Å². The summed E-state index contributed by atoms with van der Waals surface area (Å²) in [7, 11) is 0. The Morgan fingerprint density at radius 2 is 1.95 bits per heavy atom. The van der Waals surface area contributed by atoms with E-state index in [1.54, 1.807) is 0 Å². The highest BCUT2D eigenvalue weighted by atomic mass is 79.9. The lowest BCUT2D eigenvalue weighted by atomic mass is 10.1. The van der Waals surface area contributed by atoms with Crippen LogP contribution in [-0.4, -0.2) is 15.6 Å². The SMILES string of the molecule is CC(C)n1ncc(Br)c1C(=O)Cc1c(F)cccc1F. The zero-order chi connectivity index (χ0) is 14.9. The molecule has 1 heterocycles. The van der Waals surface area contributed by atoms with Crippen molar-refractivity contribution < 1.29 is 13.6 Å². The number of nitrogens with zero attached hydrogens (tertiary/aromatic N) is 2. The summed E-state index contributed by atoms with van der Waals surface area (Å²) in [5.41, 5.74) is 0.101.